The van der Waals surface area contributed by atoms with Crippen LogP contribution in [0.3, 0.4) is 0 Å². The average Bonchev–Trinajstić information content (AvgIpc) is 2.85. The number of rotatable bonds is 3. The molecule has 0 unspecified atom stereocenters. The maximum Gasteiger partial charge on any atom is 0.270 e. The van der Waals surface area contributed by atoms with Gasteiger partial charge >= 0.3 is 0 Å². The standard InChI is InChI=1S/C10H14N6O2/c1-10(2,3)9-12-7(14-18-9)5-16-4-6(8(11)17)13-15-16/h4H,5H2,1-3H3,(H2,11,17). The van der Waals surface area contributed by atoms with Crippen molar-refractivity contribution in [3.63, 3.8) is 0 Å². The van der Waals surface area contributed by atoms with Gasteiger partial charge in [0.2, 0.25) is 5.89 Å². The van der Waals surface area contributed by atoms with Gasteiger partial charge in [-0.05, 0) is 0 Å². The van der Waals surface area contributed by atoms with Gasteiger partial charge in [0.1, 0.15) is 6.54 Å². The van der Waals surface area contributed by atoms with E-state index in [1.54, 1.807) is 0 Å². The smallest absolute Gasteiger partial charge is 0.270 e. The van der Waals surface area contributed by atoms with Gasteiger partial charge in [-0.2, -0.15) is 4.98 Å². The quantitative estimate of drug-likeness (QED) is 0.826. The van der Waals surface area contributed by atoms with E-state index in [4.69, 9.17) is 10.3 Å². The Hall–Kier alpha value is -2.25. The van der Waals surface area contributed by atoms with Crippen LogP contribution >= 0.6 is 0 Å². The third kappa shape index (κ3) is 2.53. The monoisotopic (exact) mass is 250 g/mol. The molecule has 0 aromatic carbocycles. The van der Waals surface area contributed by atoms with Crippen molar-refractivity contribution < 1.29 is 9.32 Å². The van der Waals surface area contributed by atoms with Gasteiger partial charge in [-0.25, -0.2) is 4.68 Å². The maximum absolute atomic E-state index is 10.9. The number of carbonyl (C=O) groups excluding carboxylic acids is 1. The van der Waals surface area contributed by atoms with Crippen molar-refractivity contribution in [2.45, 2.75) is 32.7 Å². The summed E-state index contributed by atoms with van der Waals surface area (Å²) in [5.41, 5.74) is 4.98. The number of carbonyl (C=O) groups is 1. The molecular formula is C10H14N6O2. The lowest BCUT2D eigenvalue weighted by Gasteiger charge is -2.10. The van der Waals surface area contributed by atoms with Crippen LogP contribution in [-0.4, -0.2) is 31.0 Å². The van der Waals surface area contributed by atoms with E-state index >= 15 is 0 Å². The zero-order chi connectivity index (χ0) is 13.3. The van der Waals surface area contributed by atoms with Crippen LogP contribution in [0.25, 0.3) is 0 Å². The molecule has 8 nitrogen and oxygen atoms in total. The molecule has 2 N–H and O–H groups in total. The first-order chi connectivity index (χ1) is 8.36. The zero-order valence-corrected chi connectivity index (χ0v) is 10.4. The van der Waals surface area contributed by atoms with Crippen LogP contribution in [0.2, 0.25) is 0 Å². The largest absolute Gasteiger partial charge is 0.364 e. The molecule has 1 amide bonds. The molecule has 96 valence electrons. The number of nitrogens with zero attached hydrogens (tertiary/aromatic N) is 5. The number of amides is 1. The fourth-order valence-corrected chi connectivity index (χ4v) is 1.26. The van der Waals surface area contributed by atoms with Crippen molar-refractivity contribution in [1.82, 2.24) is 25.1 Å². The predicted molar refractivity (Wildman–Crippen MR) is 60.6 cm³/mol. The Kier molecular flexibility index (Phi) is 2.85. The van der Waals surface area contributed by atoms with Crippen LogP contribution in [0.1, 0.15) is 43.0 Å². The van der Waals surface area contributed by atoms with Crippen molar-refractivity contribution in [2.75, 3.05) is 0 Å². The molecule has 0 aliphatic carbocycles. The highest BCUT2D eigenvalue weighted by Crippen LogP contribution is 2.19. The van der Waals surface area contributed by atoms with Crippen LogP contribution in [0.15, 0.2) is 10.7 Å². The summed E-state index contributed by atoms with van der Waals surface area (Å²) in [7, 11) is 0. The molecular weight excluding hydrogens is 236 g/mol. The molecule has 2 heterocycles. The van der Waals surface area contributed by atoms with Crippen LogP contribution in [-0.2, 0) is 12.0 Å². The number of hydrogen-bond acceptors (Lipinski definition) is 6. The topological polar surface area (TPSA) is 113 Å². The van der Waals surface area contributed by atoms with Crippen molar-refractivity contribution in [3.8, 4) is 0 Å². The Bertz CT molecular complexity index is 565. The number of primary amides is 1. The first-order valence-corrected chi connectivity index (χ1v) is 5.39. The van der Waals surface area contributed by atoms with Crippen LogP contribution < -0.4 is 5.73 Å². The SMILES string of the molecule is CC(C)(C)c1nc(Cn2cc(C(N)=O)nn2)no1. The van der Waals surface area contributed by atoms with Gasteiger partial charge in [-0.15, -0.1) is 5.10 Å². The molecule has 2 aromatic rings. The lowest BCUT2D eigenvalue weighted by molar-refractivity contribution is 0.0995. The van der Waals surface area contributed by atoms with Crippen molar-refractivity contribution in [3.05, 3.63) is 23.6 Å². The predicted octanol–water partition coefficient (Wildman–Crippen LogP) is 0.106. The van der Waals surface area contributed by atoms with Crippen LogP contribution in [0.4, 0.5) is 0 Å². The van der Waals surface area contributed by atoms with Crippen LogP contribution in [0, 0.1) is 0 Å². The molecule has 0 radical (unpaired) electrons. The van der Waals surface area contributed by atoms with E-state index in [1.807, 2.05) is 20.8 Å². The lowest BCUT2D eigenvalue weighted by Crippen LogP contribution is -2.12. The molecule has 0 atom stereocenters. The molecule has 2 aromatic heterocycles. The molecule has 18 heavy (non-hydrogen) atoms. The Morgan fingerprint density at radius 1 is 1.50 bits per heavy atom. The average molecular weight is 250 g/mol. The highest BCUT2D eigenvalue weighted by molar-refractivity contribution is 5.90. The van der Waals surface area contributed by atoms with E-state index in [0.717, 1.165) is 0 Å². The van der Waals surface area contributed by atoms with Gasteiger partial charge < -0.3 is 10.3 Å². The summed E-state index contributed by atoms with van der Waals surface area (Å²) in [6, 6.07) is 0. The van der Waals surface area contributed by atoms with Crippen molar-refractivity contribution in [1.29, 1.82) is 0 Å². The lowest BCUT2D eigenvalue weighted by atomic mass is 9.97. The van der Waals surface area contributed by atoms with E-state index in [1.165, 1.54) is 10.9 Å². The van der Waals surface area contributed by atoms with Gasteiger partial charge in [0.05, 0.1) is 6.20 Å². The normalized spacial score (nSPS) is 11.7. The van der Waals surface area contributed by atoms with E-state index in [-0.39, 0.29) is 17.7 Å². The molecule has 0 spiro atoms. The summed E-state index contributed by atoms with van der Waals surface area (Å²) in [4.78, 5) is 15.1. The molecule has 0 saturated carbocycles. The fraction of sp³-hybridized carbons (Fsp3) is 0.500. The second-order valence-corrected chi connectivity index (χ2v) is 4.93. The van der Waals surface area contributed by atoms with Crippen molar-refractivity contribution >= 4 is 5.91 Å². The molecule has 0 aliphatic rings. The summed E-state index contributed by atoms with van der Waals surface area (Å²) < 4.78 is 6.57. The third-order valence-electron chi connectivity index (χ3n) is 2.20. The van der Waals surface area contributed by atoms with E-state index in [9.17, 15) is 4.79 Å². The summed E-state index contributed by atoms with van der Waals surface area (Å²) in [6.45, 7) is 6.21. The van der Waals surface area contributed by atoms with Crippen molar-refractivity contribution in [2.24, 2.45) is 5.73 Å². The highest BCUT2D eigenvalue weighted by Gasteiger charge is 2.22. The summed E-state index contributed by atoms with van der Waals surface area (Å²) in [5.74, 6) is 0.401. The minimum atomic E-state index is -0.621. The van der Waals surface area contributed by atoms with Gasteiger partial charge in [0.15, 0.2) is 11.5 Å². The Balaban J connectivity index is 2.14. The third-order valence-corrected chi connectivity index (χ3v) is 2.20. The second kappa shape index (κ2) is 4.21. The second-order valence-electron chi connectivity index (χ2n) is 4.93. The summed E-state index contributed by atoms with van der Waals surface area (Å²) >= 11 is 0. The zero-order valence-electron chi connectivity index (χ0n) is 10.4. The molecule has 0 aliphatic heterocycles. The Labute approximate surface area is 103 Å². The van der Waals surface area contributed by atoms with E-state index in [0.29, 0.717) is 11.7 Å². The summed E-state index contributed by atoms with van der Waals surface area (Å²) in [5, 5.41) is 11.2. The number of aromatic nitrogens is 5. The fourth-order valence-electron chi connectivity index (χ4n) is 1.26. The minimum Gasteiger partial charge on any atom is -0.364 e. The van der Waals surface area contributed by atoms with Gasteiger partial charge in [-0.3, -0.25) is 4.79 Å². The first-order valence-electron chi connectivity index (χ1n) is 5.39. The van der Waals surface area contributed by atoms with E-state index in [2.05, 4.69) is 20.5 Å². The molecule has 0 fully saturated rings. The Morgan fingerprint density at radius 3 is 2.72 bits per heavy atom. The van der Waals surface area contributed by atoms with Gasteiger partial charge in [0, 0.05) is 5.41 Å². The molecule has 0 saturated heterocycles. The van der Waals surface area contributed by atoms with Crippen LogP contribution in [0.5, 0.6) is 0 Å². The first kappa shape index (κ1) is 12.2. The number of hydrogen-bond donors (Lipinski definition) is 1. The Morgan fingerprint density at radius 2 is 2.22 bits per heavy atom. The molecule has 8 heteroatoms. The number of nitrogens with two attached hydrogens (primary N) is 1. The molecule has 2 rings (SSSR count). The highest BCUT2D eigenvalue weighted by atomic mass is 16.5. The summed E-state index contributed by atoms with van der Waals surface area (Å²) in [6.07, 6.45) is 1.44. The van der Waals surface area contributed by atoms with Gasteiger partial charge in [-0.1, -0.05) is 31.1 Å². The maximum atomic E-state index is 10.9. The minimum absolute atomic E-state index is 0.106. The molecule has 0 bridgehead atoms. The van der Waals surface area contributed by atoms with Gasteiger partial charge in [0.25, 0.3) is 5.91 Å². The van der Waals surface area contributed by atoms with E-state index < -0.39 is 5.91 Å².